The second-order valence-electron chi connectivity index (χ2n) is 3.55. The summed E-state index contributed by atoms with van der Waals surface area (Å²) in [5, 5.41) is 9.69. The van der Waals surface area contributed by atoms with Crippen molar-refractivity contribution in [2.24, 2.45) is 0 Å². The van der Waals surface area contributed by atoms with E-state index in [1.54, 1.807) is 0 Å². The first-order chi connectivity index (χ1) is 6.61. The molecule has 14 heavy (non-hydrogen) atoms. The molecule has 1 atom stereocenters. The van der Waals surface area contributed by atoms with E-state index in [9.17, 15) is 5.11 Å². The molecule has 1 aromatic carbocycles. The van der Waals surface area contributed by atoms with Gasteiger partial charge in [-0.1, -0.05) is 43.0 Å². The van der Waals surface area contributed by atoms with Gasteiger partial charge in [-0.3, -0.25) is 0 Å². The van der Waals surface area contributed by atoms with E-state index in [0.29, 0.717) is 0 Å². The molecule has 0 aliphatic carbocycles. The normalized spacial score (nSPS) is 13.8. The van der Waals surface area contributed by atoms with Gasteiger partial charge in [0.2, 0.25) is 0 Å². The van der Waals surface area contributed by atoms with E-state index >= 15 is 0 Å². The van der Waals surface area contributed by atoms with Crippen LogP contribution in [0.3, 0.4) is 0 Å². The van der Waals surface area contributed by atoms with Crippen LogP contribution in [-0.4, -0.2) is 11.2 Å². The van der Waals surface area contributed by atoms with E-state index in [-0.39, 0.29) is 0 Å². The summed E-state index contributed by atoms with van der Waals surface area (Å²) < 4.78 is 0. The van der Waals surface area contributed by atoms with Gasteiger partial charge in [0.25, 0.3) is 0 Å². The lowest BCUT2D eigenvalue weighted by Gasteiger charge is -2.10. The Kier molecular flexibility index (Phi) is 3.66. The third kappa shape index (κ3) is 2.86. The average Bonchev–Trinajstić information content (AvgIpc) is 2.18. The molecule has 74 valence electrons. The Bertz CT molecular complexity index is 336. The summed E-state index contributed by atoms with van der Waals surface area (Å²) in [4.78, 5) is 0. The quantitative estimate of drug-likeness (QED) is 0.723. The first-order valence-corrected chi connectivity index (χ1v) is 4.68. The summed E-state index contributed by atoms with van der Waals surface area (Å²) in [5.41, 5.74) is 2.80. The van der Waals surface area contributed by atoms with Gasteiger partial charge < -0.3 is 5.11 Å². The molecule has 0 aliphatic heterocycles. The molecule has 1 heteroatoms. The van der Waals surface area contributed by atoms with Crippen molar-refractivity contribution in [3.63, 3.8) is 0 Å². The molecule has 0 aromatic heterocycles. The molecule has 1 rings (SSSR count). The lowest BCUT2D eigenvalue weighted by atomic mass is 10.0. The van der Waals surface area contributed by atoms with Crippen molar-refractivity contribution < 1.29 is 5.11 Å². The van der Waals surface area contributed by atoms with E-state index in [1.807, 2.05) is 50.3 Å². The number of hydrogen-bond acceptors (Lipinski definition) is 1. The Morgan fingerprint density at radius 2 is 1.86 bits per heavy atom. The average molecular weight is 188 g/mol. The molecule has 1 aromatic rings. The Morgan fingerprint density at radius 3 is 2.36 bits per heavy atom. The predicted molar refractivity (Wildman–Crippen MR) is 60.9 cm³/mol. The van der Waals surface area contributed by atoms with E-state index in [4.69, 9.17) is 0 Å². The Hall–Kier alpha value is -1.34. The first-order valence-electron chi connectivity index (χ1n) is 4.68. The third-order valence-corrected chi connectivity index (χ3v) is 2.09. The van der Waals surface area contributed by atoms with Crippen molar-refractivity contribution in [3.05, 3.63) is 53.6 Å². The Morgan fingerprint density at radius 1 is 1.29 bits per heavy atom. The van der Waals surface area contributed by atoms with Crippen molar-refractivity contribution >= 4 is 6.08 Å². The van der Waals surface area contributed by atoms with Gasteiger partial charge in [-0.15, -0.1) is 0 Å². The lowest BCUT2D eigenvalue weighted by molar-refractivity contribution is 0.248. The zero-order chi connectivity index (χ0) is 10.6. The fourth-order valence-electron chi connectivity index (χ4n) is 1.28. The van der Waals surface area contributed by atoms with E-state index in [2.05, 4.69) is 6.58 Å². The highest BCUT2D eigenvalue weighted by atomic mass is 16.3. The molecule has 0 spiro atoms. The van der Waals surface area contributed by atoms with Gasteiger partial charge in [-0.2, -0.15) is 0 Å². The van der Waals surface area contributed by atoms with Gasteiger partial charge in [0.15, 0.2) is 0 Å². The SMILES string of the molecule is C=C(C)C(O)/C(C)=C/c1ccccc1. The van der Waals surface area contributed by atoms with Gasteiger partial charge in [-0.05, 0) is 30.6 Å². The highest BCUT2D eigenvalue weighted by Gasteiger charge is 2.05. The molecule has 0 radical (unpaired) electrons. The van der Waals surface area contributed by atoms with Crippen molar-refractivity contribution in [1.29, 1.82) is 0 Å². The molecule has 0 amide bonds. The zero-order valence-electron chi connectivity index (χ0n) is 8.70. The van der Waals surface area contributed by atoms with Crippen LogP contribution in [0.4, 0.5) is 0 Å². The molecule has 0 aliphatic rings. The van der Waals surface area contributed by atoms with Crippen LogP contribution < -0.4 is 0 Å². The molecule has 0 saturated heterocycles. The maximum atomic E-state index is 9.69. The third-order valence-electron chi connectivity index (χ3n) is 2.09. The number of benzene rings is 1. The van der Waals surface area contributed by atoms with Crippen molar-refractivity contribution in [1.82, 2.24) is 0 Å². The standard InChI is InChI=1S/C13H16O/c1-10(2)13(14)11(3)9-12-7-5-4-6-8-12/h4-9,13-14H,1H2,2-3H3/b11-9+. The van der Waals surface area contributed by atoms with Crippen LogP contribution in [0.1, 0.15) is 19.4 Å². The van der Waals surface area contributed by atoms with Gasteiger partial charge in [-0.25, -0.2) is 0 Å². The Balaban J connectivity index is 2.84. The van der Waals surface area contributed by atoms with E-state index < -0.39 is 6.10 Å². The highest BCUT2D eigenvalue weighted by Crippen LogP contribution is 2.13. The van der Waals surface area contributed by atoms with Crippen LogP contribution in [0, 0.1) is 0 Å². The first kappa shape index (κ1) is 10.7. The molecule has 0 saturated carbocycles. The maximum absolute atomic E-state index is 9.69. The smallest absolute Gasteiger partial charge is 0.0956 e. The lowest BCUT2D eigenvalue weighted by Crippen LogP contribution is -2.08. The Labute approximate surface area is 85.4 Å². The number of aliphatic hydroxyl groups excluding tert-OH is 1. The minimum atomic E-state index is -0.532. The number of rotatable bonds is 3. The topological polar surface area (TPSA) is 20.2 Å². The summed E-state index contributed by atoms with van der Waals surface area (Å²) in [7, 11) is 0. The number of hydrogen-bond donors (Lipinski definition) is 1. The van der Waals surface area contributed by atoms with Crippen LogP contribution in [-0.2, 0) is 0 Å². The molecular formula is C13H16O. The summed E-state index contributed by atoms with van der Waals surface area (Å²) in [6.07, 6.45) is 1.44. The summed E-state index contributed by atoms with van der Waals surface area (Å²) in [6.45, 7) is 7.46. The minimum Gasteiger partial charge on any atom is -0.384 e. The summed E-state index contributed by atoms with van der Waals surface area (Å²) in [5.74, 6) is 0. The molecular weight excluding hydrogens is 172 g/mol. The maximum Gasteiger partial charge on any atom is 0.0956 e. The van der Waals surface area contributed by atoms with Crippen molar-refractivity contribution in [3.8, 4) is 0 Å². The van der Waals surface area contributed by atoms with E-state index in [1.165, 1.54) is 0 Å². The number of aliphatic hydroxyl groups is 1. The van der Waals surface area contributed by atoms with Crippen LogP contribution in [0.2, 0.25) is 0 Å². The fraction of sp³-hybridized carbons (Fsp3) is 0.231. The highest BCUT2D eigenvalue weighted by molar-refractivity contribution is 5.54. The fourth-order valence-corrected chi connectivity index (χ4v) is 1.28. The van der Waals surface area contributed by atoms with Gasteiger partial charge in [0.1, 0.15) is 0 Å². The monoisotopic (exact) mass is 188 g/mol. The summed E-state index contributed by atoms with van der Waals surface area (Å²) in [6, 6.07) is 9.95. The largest absolute Gasteiger partial charge is 0.384 e. The van der Waals surface area contributed by atoms with Crippen molar-refractivity contribution in [2.45, 2.75) is 20.0 Å². The molecule has 1 nitrogen and oxygen atoms in total. The van der Waals surface area contributed by atoms with Crippen LogP contribution >= 0.6 is 0 Å². The second-order valence-corrected chi connectivity index (χ2v) is 3.55. The van der Waals surface area contributed by atoms with Crippen LogP contribution in [0.5, 0.6) is 0 Å². The minimum absolute atomic E-state index is 0.532. The second kappa shape index (κ2) is 4.77. The molecule has 1 N–H and O–H groups in total. The molecule has 1 unspecified atom stereocenters. The molecule has 0 fully saturated rings. The molecule has 0 heterocycles. The van der Waals surface area contributed by atoms with Crippen LogP contribution in [0.15, 0.2) is 48.1 Å². The van der Waals surface area contributed by atoms with E-state index in [0.717, 1.165) is 16.7 Å². The van der Waals surface area contributed by atoms with Gasteiger partial charge in [0.05, 0.1) is 6.10 Å². The van der Waals surface area contributed by atoms with Crippen molar-refractivity contribution in [2.75, 3.05) is 0 Å². The van der Waals surface area contributed by atoms with Crippen LogP contribution in [0.25, 0.3) is 6.08 Å². The zero-order valence-corrected chi connectivity index (χ0v) is 8.70. The predicted octanol–water partition coefficient (Wildman–Crippen LogP) is 3.03. The van der Waals surface area contributed by atoms with Gasteiger partial charge >= 0.3 is 0 Å². The molecule has 0 bridgehead atoms. The van der Waals surface area contributed by atoms with Gasteiger partial charge in [0, 0.05) is 0 Å². The summed E-state index contributed by atoms with van der Waals surface area (Å²) >= 11 is 0.